The average Bonchev–Trinajstić information content (AvgIpc) is 3.69. The maximum Gasteiger partial charge on any atom is 0.136 e. The third kappa shape index (κ3) is 4.81. The Kier molecular flexibility index (Phi) is 3.95. The molecule has 0 saturated heterocycles. The molecule has 0 N–H and O–H groups in total. The maximum atomic E-state index is 9.49. The van der Waals surface area contributed by atoms with Gasteiger partial charge in [-0.1, -0.05) is 121 Å². The lowest BCUT2D eigenvalue weighted by molar-refractivity contribution is 0.669. The molecular formula is C48H31NO. The van der Waals surface area contributed by atoms with Crippen LogP contribution in [0.4, 0.5) is 17.1 Å². The molecule has 10 aromatic rings. The second-order valence-electron chi connectivity index (χ2n) is 11.8. The SMILES string of the molecule is [2H]c1cc([2H])c(-c2ccc3cc(N(c4ccc5cc(-c6ccc7c([2H])c([2H])c8oc9c([2H])c([2H])c([2H])c([2H])c9c8c7c6[2H])ccc5c4)c4c([2H])c([2H])c([2H])c([2H])c4[2H])ccc3c2)c([2H])c1. The number of furan rings is 1. The fourth-order valence-electron chi connectivity index (χ4n) is 6.54. The molecule has 0 bridgehead atoms. The number of hydrogen-bond donors (Lipinski definition) is 0. The lowest BCUT2D eigenvalue weighted by Gasteiger charge is -2.26. The first-order valence-electron chi connectivity index (χ1n) is 23.3. The molecule has 10 rings (SSSR count). The van der Waals surface area contributed by atoms with Gasteiger partial charge in [0.2, 0.25) is 0 Å². The van der Waals surface area contributed by atoms with E-state index in [0.717, 1.165) is 16.2 Å². The van der Waals surface area contributed by atoms with Crippen molar-refractivity contribution in [2.75, 3.05) is 4.90 Å². The highest BCUT2D eigenvalue weighted by molar-refractivity contribution is 6.19. The highest BCUT2D eigenvalue weighted by Crippen LogP contribution is 2.40. The van der Waals surface area contributed by atoms with Crippen molar-refractivity contribution < 1.29 is 25.0 Å². The van der Waals surface area contributed by atoms with Gasteiger partial charge in [0.25, 0.3) is 0 Å². The molecule has 2 nitrogen and oxygen atoms in total. The van der Waals surface area contributed by atoms with Crippen molar-refractivity contribution in [1.29, 1.82) is 0 Å². The van der Waals surface area contributed by atoms with Gasteiger partial charge in [0.15, 0.2) is 0 Å². The first-order valence-corrected chi connectivity index (χ1v) is 15.8. The molecule has 234 valence electrons. The first kappa shape index (κ1) is 17.1. The molecule has 9 aromatic carbocycles. The summed E-state index contributed by atoms with van der Waals surface area (Å²) in [6, 6.07) is 23.3. The van der Waals surface area contributed by atoms with Gasteiger partial charge in [-0.3, -0.25) is 0 Å². The van der Waals surface area contributed by atoms with E-state index in [-0.39, 0.29) is 80.7 Å². The van der Waals surface area contributed by atoms with Gasteiger partial charge in [-0.25, -0.2) is 0 Å². The molecule has 1 heterocycles. The van der Waals surface area contributed by atoms with E-state index in [4.69, 9.17) is 23.6 Å². The van der Waals surface area contributed by atoms with Gasteiger partial charge in [-0.05, 0) is 121 Å². The normalized spacial score (nSPS) is 15.8. The number of para-hydroxylation sites is 2. The van der Waals surface area contributed by atoms with Gasteiger partial charge < -0.3 is 9.32 Å². The minimum absolute atomic E-state index is 0.0302. The summed E-state index contributed by atoms with van der Waals surface area (Å²) < 4.78 is 135. The molecule has 2 heteroatoms. The van der Waals surface area contributed by atoms with Gasteiger partial charge in [0.05, 0.1) is 20.6 Å². The molecule has 0 fully saturated rings. The van der Waals surface area contributed by atoms with Crippen molar-refractivity contribution in [1.82, 2.24) is 0 Å². The Balaban J connectivity index is 1.12. The molecule has 0 unspecified atom stereocenters. The van der Waals surface area contributed by atoms with Crippen LogP contribution in [0.15, 0.2) is 192 Å². The Hall–Kier alpha value is -6.64. The second-order valence-corrected chi connectivity index (χ2v) is 11.8. The van der Waals surface area contributed by atoms with Crippen molar-refractivity contribution in [3.05, 3.63) is 188 Å². The predicted octanol–water partition coefficient (Wildman–Crippen LogP) is 13.8. The van der Waals surface area contributed by atoms with E-state index in [1.54, 1.807) is 41.3 Å². The van der Waals surface area contributed by atoms with Crippen LogP contribution < -0.4 is 4.90 Å². The van der Waals surface area contributed by atoms with Gasteiger partial charge in [-0.15, -0.1) is 0 Å². The zero-order chi connectivity index (χ0) is 46.1. The number of hydrogen-bond acceptors (Lipinski definition) is 2. The Labute approximate surface area is 311 Å². The molecule has 0 amide bonds. The van der Waals surface area contributed by atoms with Crippen LogP contribution >= 0.6 is 0 Å². The smallest absolute Gasteiger partial charge is 0.136 e. The van der Waals surface area contributed by atoms with Crippen LogP contribution in [-0.2, 0) is 0 Å². The van der Waals surface area contributed by atoms with Crippen molar-refractivity contribution in [2.24, 2.45) is 0 Å². The molecule has 1 aromatic heterocycles. The summed E-state index contributed by atoms with van der Waals surface area (Å²) in [5.41, 5.74) is 2.70. The van der Waals surface area contributed by atoms with E-state index >= 15 is 0 Å². The predicted molar refractivity (Wildman–Crippen MR) is 212 cm³/mol. The highest BCUT2D eigenvalue weighted by Gasteiger charge is 2.15. The Bertz CT molecular complexity index is 3700. The Morgan fingerprint density at radius 2 is 1.00 bits per heavy atom. The number of anilines is 3. The van der Waals surface area contributed by atoms with E-state index in [1.807, 2.05) is 48.5 Å². The monoisotopic (exact) mass is 652 g/mol. The molecular weight excluding hydrogens is 607 g/mol. The molecule has 50 heavy (non-hydrogen) atoms. The first-order chi connectivity index (χ1) is 31.0. The lowest BCUT2D eigenvalue weighted by atomic mass is 9.96. The number of nitrogens with zero attached hydrogens (tertiary/aromatic N) is 1. The molecule has 0 aliphatic carbocycles. The van der Waals surface area contributed by atoms with E-state index in [2.05, 4.69) is 0 Å². The number of rotatable bonds is 5. The van der Waals surface area contributed by atoms with Crippen LogP contribution in [0.2, 0.25) is 0 Å². The standard InChI is InChI=1S/C48H31NO/c1-3-9-32(10-4-1)34-17-19-38-29-42(24-21-36(38)27-34)49(41-11-5-2-6-12-41)43-25-22-37-28-35(18-20-39(37)30-43)40-16-15-33-23-26-47-48(45(33)31-40)44-13-7-8-14-46(44)50-47/h1-31H/i1D,2D,5D,6D,7D,8D,9D,10D,11D,12D,13D,14D,23D,26D,31D. The van der Waals surface area contributed by atoms with Crippen LogP contribution in [0.1, 0.15) is 20.6 Å². The zero-order valence-corrected chi connectivity index (χ0v) is 26.1. The minimum atomic E-state index is -0.533. The molecule has 0 radical (unpaired) electrons. The number of benzene rings is 9. The van der Waals surface area contributed by atoms with Crippen molar-refractivity contribution in [2.45, 2.75) is 0 Å². The maximum absolute atomic E-state index is 9.49. The van der Waals surface area contributed by atoms with Crippen LogP contribution in [0.25, 0.3) is 76.5 Å². The van der Waals surface area contributed by atoms with Crippen molar-refractivity contribution >= 4 is 71.3 Å². The van der Waals surface area contributed by atoms with Crippen LogP contribution in [0, 0.1) is 0 Å². The van der Waals surface area contributed by atoms with Gasteiger partial charge in [0, 0.05) is 27.8 Å². The summed E-state index contributed by atoms with van der Waals surface area (Å²) in [5.74, 6) is 0. The van der Waals surface area contributed by atoms with Crippen LogP contribution in [-0.4, -0.2) is 0 Å². The lowest BCUT2D eigenvalue weighted by Crippen LogP contribution is -2.09. The zero-order valence-electron chi connectivity index (χ0n) is 41.1. The summed E-state index contributed by atoms with van der Waals surface area (Å²) in [4.78, 5) is 1.61. The van der Waals surface area contributed by atoms with E-state index < -0.39 is 48.3 Å². The van der Waals surface area contributed by atoms with Gasteiger partial charge in [-0.2, -0.15) is 0 Å². The molecule has 0 spiro atoms. The summed E-state index contributed by atoms with van der Waals surface area (Å²) in [6.07, 6.45) is 0. The van der Waals surface area contributed by atoms with Crippen molar-refractivity contribution in [3.8, 4) is 22.3 Å². The van der Waals surface area contributed by atoms with E-state index in [0.29, 0.717) is 39.0 Å². The van der Waals surface area contributed by atoms with E-state index in [9.17, 15) is 1.37 Å². The van der Waals surface area contributed by atoms with Gasteiger partial charge in [0.1, 0.15) is 11.2 Å². The highest BCUT2D eigenvalue weighted by atomic mass is 16.3. The van der Waals surface area contributed by atoms with Crippen molar-refractivity contribution in [3.63, 3.8) is 0 Å². The van der Waals surface area contributed by atoms with E-state index in [1.165, 1.54) is 12.1 Å². The summed E-state index contributed by atoms with van der Waals surface area (Å²) in [5, 5.41) is 3.60. The van der Waals surface area contributed by atoms with Crippen LogP contribution in [0.3, 0.4) is 0 Å². The van der Waals surface area contributed by atoms with Gasteiger partial charge >= 0.3 is 0 Å². The minimum Gasteiger partial charge on any atom is -0.456 e. The topological polar surface area (TPSA) is 16.4 Å². The quantitative estimate of drug-likeness (QED) is 0.184. The van der Waals surface area contributed by atoms with Crippen LogP contribution in [0.5, 0.6) is 0 Å². The summed E-state index contributed by atoms with van der Waals surface area (Å²) >= 11 is 0. The fourth-order valence-corrected chi connectivity index (χ4v) is 6.54. The molecule has 0 aliphatic rings. The Morgan fingerprint density at radius 3 is 1.74 bits per heavy atom. The Morgan fingerprint density at radius 1 is 0.400 bits per heavy atom. The largest absolute Gasteiger partial charge is 0.456 e. The second kappa shape index (κ2) is 11.5. The summed E-state index contributed by atoms with van der Waals surface area (Å²) in [7, 11) is 0. The molecule has 0 aliphatic heterocycles. The molecule has 0 saturated carbocycles. The third-order valence-corrected chi connectivity index (χ3v) is 8.91. The average molecular weight is 653 g/mol. The third-order valence-electron chi connectivity index (χ3n) is 8.91. The fraction of sp³-hybridized carbons (Fsp3) is 0. The number of fused-ring (bicyclic) bond motifs is 7. The molecule has 0 atom stereocenters. The summed E-state index contributed by atoms with van der Waals surface area (Å²) in [6.45, 7) is 0.